The maximum atomic E-state index is 12.6. The van der Waals surface area contributed by atoms with Gasteiger partial charge in [-0.25, -0.2) is 13.1 Å². The Morgan fingerprint density at radius 2 is 2.00 bits per heavy atom. The van der Waals surface area contributed by atoms with Crippen LogP contribution in [0.4, 0.5) is 0 Å². The van der Waals surface area contributed by atoms with Crippen LogP contribution in [0.1, 0.15) is 37.3 Å². The first-order valence-electron chi connectivity index (χ1n) is 7.91. The van der Waals surface area contributed by atoms with Gasteiger partial charge in [0, 0.05) is 6.04 Å². The minimum Gasteiger partial charge on any atom is -0.316 e. The van der Waals surface area contributed by atoms with E-state index in [0.717, 1.165) is 45.2 Å². The van der Waals surface area contributed by atoms with Crippen LogP contribution in [-0.2, 0) is 22.9 Å². The molecule has 0 amide bonds. The molecule has 3 rings (SSSR count). The zero-order valence-electron chi connectivity index (χ0n) is 13.0. The summed E-state index contributed by atoms with van der Waals surface area (Å²) < 4.78 is 28.0. The molecule has 0 spiro atoms. The normalized spacial score (nSPS) is 22.7. The molecular weight excluding hydrogens is 320 g/mol. The van der Waals surface area contributed by atoms with Gasteiger partial charge in [0.15, 0.2) is 0 Å². The number of nitrogens with one attached hydrogen (secondary N) is 2. The van der Waals surface area contributed by atoms with Gasteiger partial charge in [-0.05, 0) is 81.3 Å². The van der Waals surface area contributed by atoms with E-state index < -0.39 is 10.0 Å². The predicted octanol–water partition coefficient (Wildman–Crippen LogP) is 2.26. The molecule has 0 bridgehead atoms. The van der Waals surface area contributed by atoms with Crippen LogP contribution in [0.2, 0.25) is 0 Å². The quantitative estimate of drug-likeness (QED) is 0.880. The molecule has 1 aliphatic carbocycles. The Balaban J connectivity index is 0.00000176. The van der Waals surface area contributed by atoms with Crippen molar-refractivity contribution >= 4 is 22.4 Å². The lowest BCUT2D eigenvalue weighted by atomic mass is 9.94. The van der Waals surface area contributed by atoms with Crippen molar-refractivity contribution in [2.24, 2.45) is 5.92 Å². The standard InChI is InChI=1S/C16H24N2O2S.ClH/c1-12(15-6-3-9-17-11-15)18-21(19,20)16-8-7-13-4-2-5-14(13)10-16;/h7-8,10,12,15,17-18H,2-6,9,11H2,1H3;1H. The SMILES string of the molecule is CC(NS(=O)(=O)c1ccc2c(c1)CCC2)C1CCCNC1.Cl. The number of hydrogen-bond donors (Lipinski definition) is 2. The lowest BCUT2D eigenvalue weighted by molar-refractivity contribution is 0.320. The molecule has 6 heteroatoms. The summed E-state index contributed by atoms with van der Waals surface area (Å²) in [4.78, 5) is 0.416. The first-order valence-corrected chi connectivity index (χ1v) is 9.39. The molecule has 1 aromatic rings. The molecule has 0 aromatic heterocycles. The van der Waals surface area contributed by atoms with Gasteiger partial charge in [-0.2, -0.15) is 0 Å². The van der Waals surface area contributed by atoms with Crippen LogP contribution < -0.4 is 10.0 Å². The van der Waals surface area contributed by atoms with Gasteiger partial charge in [0.05, 0.1) is 4.90 Å². The smallest absolute Gasteiger partial charge is 0.240 e. The second kappa shape index (κ2) is 7.30. The Kier molecular flexibility index (Phi) is 5.88. The maximum absolute atomic E-state index is 12.6. The third-order valence-corrected chi connectivity index (χ3v) is 6.32. The zero-order valence-corrected chi connectivity index (χ0v) is 14.6. The van der Waals surface area contributed by atoms with Crippen molar-refractivity contribution in [2.45, 2.75) is 50.0 Å². The second-order valence-corrected chi connectivity index (χ2v) is 8.01. The molecule has 1 aliphatic heterocycles. The molecule has 2 unspecified atom stereocenters. The average molecular weight is 345 g/mol. The highest BCUT2D eigenvalue weighted by atomic mass is 35.5. The van der Waals surface area contributed by atoms with E-state index in [1.54, 1.807) is 6.07 Å². The number of sulfonamides is 1. The number of hydrogen-bond acceptors (Lipinski definition) is 3. The zero-order chi connectivity index (χ0) is 14.9. The monoisotopic (exact) mass is 344 g/mol. The fourth-order valence-electron chi connectivity index (χ4n) is 3.43. The van der Waals surface area contributed by atoms with E-state index in [2.05, 4.69) is 10.0 Å². The summed E-state index contributed by atoms with van der Waals surface area (Å²) >= 11 is 0. The van der Waals surface area contributed by atoms with Crippen LogP contribution in [0.15, 0.2) is 23.1 Å². The van der Waals surface area contributed by atoms with E-state index in [1.165, 1.54) is 11.1 Å². The summed E-state index contributed by atoms with van der Waals surface area (Å²) in [6.45, 7) is 3.91. The van der Waals surface area contributed by atoms with E-state index in [-0.39, 0.29) is 18.4 Å². The molecule has 0 radical (unpaired) electrons. The van der Waals surface area contributed by atoms with Gasteiger partial charge in [0.1, 0.15) is 0 Å². The maximum Gasteiger partial charge on any atom is 0.240 e. The lowest BCUT2D eigenvalue weighted by Gasteiger charge is -2.28. The van der Waals surface area contributed by atoms with Crippen molar-refractivity contribution in [1.82, 2.24) is 10.0 Å². The molecule has 124 valence electrons. The van der Waals surface area contributed by atoms with Gasteiger partial charge in [-0.15, -0.1) is 12.4 Å². The molecule has 2 atom stereocenters. The predicted molar refractivity (Wildman–Crippen MR) is 91.1 cm³/mol. The minimum atomic E-state index is -3.41. The summed E-state index contributed by atoms with van der Waals surface area (Å²) in [5.74, 6) is 0.378. The van der Waals surface area contributed by atoms with Crippen LogP contribution >= 0.6 is 12.4 Å². The van der Waals surface area contributed by atoms with Crippen LogP contribution in [0.3, 0.4) is 0 Å². The highest BCUT2D eigenvalue weighted by Gasteiger charge is 2.25. The Morgan fingerprint density at radius 1 is 1.23 bits per heavy atom. The van der Waals surface area contributed by atoms with E-state index in [4.69, 9.17) is 0 Å². The third kappa shape index (κ3) is 3.82. The van der Waals surface area contributed by atoms with Crippen molar-refractivity contribution in [3.05, 3.63) is 29.3 Å². The molecule has 0 saturated carbocycles. The Bertz CT molecular complexity index is 613. The highest BCUT2D eigenvalue weighted by molar-refractivity contribution is 7.89. The van der Waals surface area contributed by atoms with Gasteiger partial charge >= 0.3 is 0 Å². The lowest BCUT2D eigenvalue weighted by Crippen LogP contribution is -2.44. The Morgan fingerprint density at radius 3 is 2.73 bits per heavy atom. The minimum absolute atomic E-state index is 0. The molecule has 2 aliphatic rings. The fraction of sp³-hybridized carbons (Fsp3) is 0.625. The first kappa shape index (κ1) is 17.7. The van der Waals surface area contributed by atoms with Crippen LogP contribution in [0.5, 0.6) is 0 Å². The van der Waals surface area contributed by atoms with E-state index >= 15 is 0 Å². The molecule has 2 N–H and O–H groups in total. The van der Waals surface area contributed by atoms with Crippen LogP contribution in [-0.4, -0.2) is 27.5 Å². The number of halogens is 1. The number of aryl methyl sites for hydroxylation is 2. The largest absolute Gasteiger partial charge is 0.316 e. The molecule has 22 heavy (non-hydrogen) atoms. The van der Waals surface area contributed by atoms with Gasteiger partial charge < -0.3 is 5.32 Å². The Labute approximate surface area is 139 Å². The second-order valence-electron chi connectivity index (χ2n) is 6.30. The van der Waals surface area contributed by atoms with E-state index in [0.29, 0.717) is 10.8 Å². The van der Waals surface area contributed by atoms with Crippen molar-refractivity contribution in [2.75, 3.05) is 13.1 Å². The van der Waals surface area contributed by atoms with Crippen molar-refractivity contribution in [3.8, 4) is 0 Å². The van der Waals surface area contributed by atoms with Crippen molar-refractivity contribution in [1.29, 1.82) is 0 Å². The van der Waals surface area contributed by atoms with Crippen LogP contribution in [0, 0.1) is 5.92 Å². The number of piperidine rings is 1. The number of benzene rings is 1. The highest BCUT2D eigenvalue weighted by Crippen LogP contribution is 2.25. The number of rotatable bonds is 4. The van der Waals surface area contributed by atoms with Gasteiger partial charge in [-0.3, -0.25) is 0 Å². The molecule has 4 nitrogen and oxygen atoms in total. The van der Waals surface area contributed by atoms with Crippen LogP contribution in [0.25, 0.3) is 0 Å². The van der Waals surface area contributed by atoms with Gasteiger partial charge in [0.2, 0.25) is 10.0 Å². The van der Waals surface area contributed by atoms with Crippen molar-refractivity contribution in [3.63, 3.8) is 0 Å². The molecule has 1 saturated heterocycles. The van der Waals surface area contributed by atoms with E-state index in [1.807, 2.05) is 19.1 Å². The third-order valence-electron chi connectivity index (χ3n) is 4.76. The molecule has 1 heterocycles. The topological polar surface area (TPSA) is 58.2 Å². The summed E-state index contributed by atoms with van der Waals surface area (Å²) in [7, 11) is -3.41. The van der Waals surface area contributed by atoms with Gasteiger partial charge in [0.25, 0.3) is 0 Å². The summed E-state index contributed by atoms with van der Waals surface area (Å²) in [6, 6.07) is 5.55. The summed E-state index contributed by atoms with van der Waals surface area (Å²) in [5, 5.41) is 3.34. The molecular formula is C16H25ClN2O2S. The average Bonchev–Trinajstić information content (AvgIpc) is 2.95. The van der Waals surface area contributed by atoms with E-state index in [9.17, 15) is 8.42 Å². The van der Waals surface area contributed by atoms with Crippen molar-refractivity contribution < 1.29 is 8.42 Å². The molecule has 1 aromatic carbocycles. The molecule has 1 fully saturated rings. The summed E-state index contributed by atoms with van der Waals surface area (Å²) in [6.07, 6.45) is 5.42. The first-order chi connectivity index (χ1) is 10.1. The number of fused-ring (bicyclic) bond motifs is 1. The van der Waals surface area contributed by atoms with Gasteiger partial charge in [-0.1, -0.05) is 6.07 Å². The summed E-state index contributed by atoms with van der Waals surface area (Å²) in [5.41, 5.74) is 2.50. The Hall–Kier alpha value is -0.620. The fourth-order valence-corrected chi connectivity index (χ4v) is 4.79.